The fraction of sp³-hybridized carbons (Fsp3) is 0.812. The van der Waals surface area contributed by atoms with Crippen molar-refractivity contribution in [3.8, 4) is 0 Å². The van der Waals surface area contributed by atoms with Crippen LogP contribution in [0.15, 0.2) is 0 Å². The largest absolute Gasteiger partial charge is 0.310 e. The third-order valence-electron chi connectivity index (χ3n) is 3.99. The second-order valence-electron chi connectivity index (χ2n) is 6.45. The fourth-order valence-corrected chi connectivity index (χ4v) is 3.81. The number of piperidine rings is 1. The molecular formula is C16H29N3S. The lowest BCUT2D eigenvalue weighted by Crippen LogP contribution is -2.35. The van der Waals surface area contributed by atoms with E-state index in [9.17, 15) is 0 Å². The molecule has 1 fully saturated rings. The molecule has 1 atom stereocenters. The molecule has 1 aromatic heterocycles. The Balaban J connectivity index is 1.82. The van der Waals surface area contributed by atoms with Gasteiger partial charge in [0.1, 0.15) is 0 Å². The molecule has 20 heavy (non-hydrogen) atoms. The zero-order valence-electron chi connectivity index (χ0n) is 13.4. The maximum absolute atomic E-state index is 4.74. The SMILES string of the molecule is Cc1nc(CCN2CCCC(C)C2)sc1CNC(C)C. The van der Waals surface area contributed by atoms with Crippen molar-refractivity contribution >= 4 is 11.3 Å². The highest BCUT2D eigenvalue weighted by atomic mass is 32.1. The first-order valence-electron chi connectivity index (χ1n) is 7.95. The molecule has 0 amide bonds. The highest BCUT2D eigenvalue weighted by molar-refractivity contribution is 7.11. The zero-order valence-corrected chi connectivity index (χ0v) is 14.2. The van der Waals surface area contributed by atoms with Crippen molar-refractivity contribution in [2.75, 3.05) is 19.6 Å². The van der Waals surface area contributed by atoms with Gasteiger partial charge < -0.3 is 10.2 Å². The van der Waals surface area contributed by atoms with Crippen molar-refractivity contribution < 1.29 is 0 Å². The first-order valence-corrected chi connectivity index (χ1v) is 8.77. The summed E-state index contributed by atoms with van der Waals surface area (Å²) in [6, 6.07) is 0.537. The standard InChI is InChI=1S/C16H29N3S/c1-12(2)17-10-15-14(4)18-16(20-15)7-9-19-8-5-6-13(3)11-19/h12-13,17H,5-11H2,1-4H3. The van der Waals surface area contributed by atoms with Crippen molar-refractivity contribution in [3.05, 3.63) is 15.6 Å². The molecule has 114 valence electrons. The van der Waals surface area contributed by atoms with E-state index >= 15 is 0 Å². The minimum absolute atomic E-state index is 0.537. The van der Waals surface area contributed by atoms with Crippen molar-refractivity contribution in [2.45, 2.75) is 59.5 Å². The summed E-state index contributed by atoms with van der Waals surface area (Å²) in [6.45, 7) is 13.6. The summed E-state index contributed by atoms with van der Waals surface area (Å²) in [5.41, 5.74) is 1.21. The van der Waals surface area contributed by atoms with E-state index in [4.69, 9.17) is 4.98 Å². The van der Waals surface area contributed by atoms with Gasteiger partial charge >= 0.3 is 0 Å². The Morgan fingerprint density at radius 3 is 2.95 bits per heavy atom. The average Bonchev–Trinajstić information content (AvgIpc) is 2.75. The Bertz CT molecular complexity index is 414. The monoisotopic (exact) mass is 295 g/mol. The lowest BCUT2D eigenvalue weighted by molar-refractivity contribution is 0.186. The summed E-state index contributed by atoms with van der Waals surface area (Å²) in [6.07, 6.45) is 3.87. The highest BCUT2D eigenvalue weighted by Gasteiger charge is 2.16. The van der Waals surface area contributed by atoms with Crippen LogP contribution >= 0.6 is 11.3 Å². The molecule has 2 heterocycles. The van der Waals surface area contributed by atoms with Gasteiger partial charge in [0.05, 0.1) is 10.7 Å². The smallest absolute Gasteiger partial charge is 0.0944 e. The van der Waals surface area contributed by atoms with Gasteiger partial charge in [0, 0.05) is 37.0 Å². The quantitative estimate of drug-likeness (QED) is 0.873. The number of aryl methyl sites for hydroxylation is 1. The van der Waals surface area contributed by atoms with Crippen LogP contribution in [-0.2, 0) is 13.0 Å². The molecule has 0 aliphatic carbocycles. The van der Waals surface area contributed by atoms with Gasteiger partial charge in [-0.15, -0.1) is 11.3 Å². The number of hydrogen-bond donors (Lipinski definition) is 1. The van der Waals surface area contributed by atoms with Crippen LogP contribution in [0.25, 0.3) is 0 Å². The molecule has 0 radical (unpaired) electrons. The van der Waals surface area contributed by atoms with E-state index in [0.717, 1.165) is 18.9 Å². The average molecular weight is 295 g/mol. The summed E-state index contributed by atoms with van der Waals surface area (Å²) in [5.74, 6) is 0.868. The summed E-state index contributed by atoms with van der Waals surface area (Å²) < 4.78 is 0. The molecule has 0 spiro atoms. The van der Waals surface area contributed by atoms with Crippen LogP contribution in [0.2, 0.25) is 0 Å². The van der Waals surface area contributed by atoms with Crippen LogP contribution in [-0.4, -0.2) is 35.6 Å². The molecule has 1 aliphatic rings. The normalized spacial score (nSPS) is 20.8. The van der Waals surface area contributed by atoms with E-state index in [2.05, 4.69) is 37.9 Å². The number of thiazole rings is 1. The van der Waals surface area contributed by atoms with Crippen LogP contribution in [0, 0.1) is 12.8 Å². The molecule has 3 nitrogen and oxygen atoms in total. The molecule has 1 aromatic rings. The lowest BCUT2D eigenvalue weighted by atomic mass is 10.0. The Labute approximate surface area is 127 Å². The Hall–Kier alpha value is -0.450. The Morgan fingerprint density at radius 1 is 1.45 bits per heavy atom. The van der Waals surface area contributed by atoms with Gasteiger partial charge in [0.25, 0.3) is 0 Å². The van der Waals surface area contributed by atoms with Crippen molar-refractivity contribution in [1.82, 2.24) is 15.2 Å². The van der Waals surface area contributed by atoms with Crippen LogP contribution in [0.5, 0.6) is 0 Å². The number of rotatable bonds is 6. The third-order valence-corrected chi connectivity index (χ3v) is 5.21. The lowest BCUT2D eigenvalue weighted by Gasteiger charge is -2.30. The zero-order chi connectivity index (χ0) is 14.5. The predicted molar refractivity (Wildman–Crippen MR) is 87.4 cm³/mol. The molecular weight excluding hydrogens is 266 g/mol. The van der Waals surface area contributed by atoms with Gasteiger partial charge in [0.15, 0.2) is 0 Å². The fourth-order valence-electron chi connectivity index (χ4n) is 2.80. The van der Waals surface area contributed by atoms with Gasteiger partial charge in [-0.25, -0.2) is 4.98 Å². The molecule has 0 aromatic carbocycles. The summed E-state index contributed by atoms with van der Waals surface area (Å²) >= 11 is 1.89. The molecule has 1 saturated heterocycles. The maximum atomic E-state index is 4.74. The second kappa shape index (κ2) is 7.53. The van der Waals surface area contributed by atoms with Crippen LogP contribution in [0.3, 0.4) is 0 Å². The van der Waals surface area contributed by atoms with E-state index < -0.39 is 0 Å². The Morgan fingerprint density at radius 2 is 2.25 bits per heavy atom. The van der Waals surface area contributed by atoms with Gasteiger partial charge in [-0.1, -0.05) is 20.8 Å². The first-order chi connectivity index (χ1) is 9.54. The first kappa shape index (κ1) is 15.9. The molecule has 4 heteroatoms. The summed E-state index contributed by atoms with van der Waals surface area (Å²) in [7, 11) is 0. The molecule has 1 aliphatic heterocycles. The Kier molecular flexibility index (Phi) is 6.00. The van der Waals surface area contributed by atoms with Gasteiger partial charge in [-0.2, -0.15) is 0 Å². The van der Waals surface area contributed by atoms with Crippen molar-refractivity contribution in [1.29, 1.82) is 0 Å². The van der Waals surface area contributed by atoms with Crippen LogP contribution in [0.1, 0.15) is 49.2 Å². The maximum Gasteiger partial charge on any atom is 0.0944 e. The van der Waals surface area contributed by atoms with Crippen molar-refractivity contribution in [3.63, 3.8) is 0 Å². The highest BCUT2D eigenvalue weighted by Crippen LogP contribution is 2.20. The number of nitrogens with zero attached hydrogens (tertiary/aromatic N) is 2. The van der Waals surface area contributed by atoms with Gasteiger partial charge in [0.2, 0.25) is 0 Å². The van der Waals surface area contributed by atoms with Crippen LogP contribution in [0.4, 0.5) is 0 Å². The van der Waals surface area contributed by atoms with E-state index in [1.165, 1.54) is 48.1 Å². The topological polar surface area (TPSA) is 28.2 Å². The second-order valence-corrected chi connectivity index (χ2v) is 7.62. The summed E-state index contributed by atoms with van der Waals surface area (Å²) in [4.78, 5) is 8.76. The molecule has 2 rings (SSSR count). The molecule has 1 unspecified atom stereocenters. The minimum atomic E-state index is 0.537. The molecule has 0 saturated carbocycles. The van der Waals surface area contributed by atoms with Gasteiger partial charge in [-0.3, -0.25) is 0 Å². The molecule has 0 bridgehead atoms. The van der Waals surface area contributed by atoms with Crippen LogP contribution < -0.4 is 5.32 Å². The van der Waals surface area contributed by atoms with E-state index in [-0.39, 0.29) is 0 Å². The summed E-state index contributed by atoms with van der Waals surface area (Å²) in [5, 5.41) is 4.79. The minimum Gasteiger partial charge on any atom is -0.310 e. The number of nitrogens with one attached hydrogen (secondary N) is 1. The predicted octanol–water partition coefficient (Wildman–Crippen LogP) is 3.22. The molecule has 1 N–H and O–H groups in total. The van der Waals surface area contributed by atoms with E-state index in [1.54, 1.807) is 0 Å². The van der Waals surface area contributed by atoms with Crippen molar-refractivity contribution in [2.24, 2.45) is 5.92 Å². The number of hydrogen-bond acceptors (Lipinski definition) is 4. The van der Waals surface area contributed by atoms with E-state index in [1.807, 2.05) is 11.3 Å². The third kappa shape index (κ3) is 4.83. The number of aromatic nitrogens is 1. The van der Waals surface area contributed by atoms with Gasteiger partial charge in [-0.05, 0) is 32.2 Å². The van der Waals surface area contributed by atoms with E-state index in [0.29, 0.717) is 6.04 Å². The number of likely N-dealkylation sites (tertiary alicyclic amines) is 1.